The van der Waals surface area contributed by atoms with Crippen LogP contribution >= 0.6 is 0 Å². The number of hydrogen-bond acceptors (Lipinski definition) is 7. The number of morpholine rings is 1. The molecule has 0 bridgehead atoms. The molecular weight excluding hydrogens is 657 g/mol. The summed E-state index contributed by atoms with van der Waals surface area (Å²) < 4.78 is 59.7. The van der Waals surface area contributed by atoms with Crippen LogP contribution in [0.1, 0.15) is 12.0 Å². The van der Waals surface area contributed by atoms with Crippen molar-refractivity contribution in [1.82, 2.24) is 14.9 Å². The van der Waals surface area contributed by atoms with Crippen LogP contribution in [-0.4, -0.2) is 77.4 Å². The van der Waals surface area contributed by atoms with Gasteiger partial charge < -0.3 is 9.72 Å². The number of rotatable bonds is 11. The van der Waals surface area contributed by atoms with Crippen LogP contribution in [0.2, 0.25) is 0 Å². The molecule has 0 spiro atoms. The molecule has 1 fully saturated rings. The number of sulfonamides is 1. The zero-order chi connectivity index (χ0) is 34.0. The molecule has 0 saturated carbocycles. The number of aromatic amines is 1. The van der Waals surface area contributed by atoms with Gasteiger partial charge in [0.25, 0.3) is 0 Å². The second-order valence-corrected chi connectivity index (χ2v) is 16.5. The molecule has 252 valence electrons. The molecule has 11 heteroatoms. The molecule has 1 aliphatic heterocycles. The molecule has 9 nitrogen and oxygen atoms in total. The standard InChI is InChI=1S/C38H38N4O5S2/c1-41(49(45,46)24-8-19-42-20-22-47-23-21-42)31-16-14-29(15-17-31)34-26-39-38-37(36(34)30-9-4-2-5-10-30)33-25-28(13-18-35(33)40-38)27-48(43,44)32-11-6-3-7-12-32/h2-7,9-18,25-26H,8,19-24,27H2,1H3,(H,39,40). The lowest BCUT2D eigenvalue weighted by molar-refractivity contribution is 0.0381. The molecule has 0 amide bonds. The lowest BCUT2D eigenvalue weighted by Gasteiger charge is -2.27. The van der Waals surface area contributed by atoms with E-state index in [1.165, 1.54) is 4.31 Å². The zero-order valence-corrected chi connectivity index (χ0v) is 28.9. The van der Waals surface area contributed by atoms with Gasteiger partial charge in [0.2, 0.25) is 10.0 Å². The van der Waals surface area contributed by atoms with Crippen molar-refractivity contribution in [2.24, 2.45) is 0 Å². The predicted octanol–water partition coefficient (Wildman–Crippen LogP) is 6.51. The van der Waals surface area contributed by atoms with E-state index in [1.807, 2.05) is 79.0 Å². The van der Waals surface area contributed by atoms with E-state index >= 15 is 0 Å². The van der Waals surface area contributed by atoms with E-state index in [-0.39, 0.29) is 16.4 Å². The number of anilines is 1. The van der Waals surface area contributed by atoms with Gasteiger partial charge in [0.1, 0.15) is 5.65 Å². The number of nitrogens with zero attached hydrogens (tertiary/aromatic N) is 3. The average molecular weight is 695 g/mol. The summed E-state index contributed by atoms with van der Waals surface area (Å²) in [5, 5.41) is 1.77. The van der Waals surface area contributed by atoms with Crippen LogP contribution in [-0.2, 0) is 30.4 Å². The summed E-state index contributed by atoms with van der Waals surface area (Å²) in [5.41, 5.74) is 6.52. The Hall–Kier alpha value is -4.55. The summed E-state index contributed by atoms with van der Waals surface area (Å²) in [7, 11) is -5.45. The lowest BCUT2D eigenvalue weighted by atomic mass is 9.92. The van der Waals surface area contributed by atoms with Crippen molar-refractivity contribution < 1.29 is 21.6 Å². The van der Waals surface area contributed by atoms with E-state index in [0.29, 0.717) is 36.5 Å². The Morgan fingerprint density at radius 3 is 2.24 bits per heavy atom. The Morgan fingerprint density at radius 1 is 0.837 bits per heavy atom. The maximum atomic E-state index is 13.3. The molecular formula is C38H38N4O5S2. The van der Waals surface area contributed by atoms with Crippen molar-refractivity contribution in [3.63, 3.8) is 0 Å². The number of sulfone groups is 1. The molecule has 0 radical (unpaired) electrons. The van der Waals surface area contributed by atoms with E-state index < -0.39 is 19.9 Å². The minimum atomic E-state index is -3.54. The summed E-state index contributed by atoms with van der Waals surface area (Å²) in [6.07, 6.45) is 2.39. The normalized spacial score (nSPS) is 14.4. The van der Waals surface area contributed by atoms with Gasteiger partial charge in [0.05, 0.1) is 35.3 Å². The molecule has 1 aliphatic rings. The van der Waals surface area contributed by atoms with E-state index in [4.69, 9.17) is 9.72 Å². The van der Waals surface area contributed by atoms with Crippen LogP contribution in [0.5, 0.6) is 0 Å². The maximum Gasteiger partial charge on any atom is 0.234 e. The van der Waals surface area contributed by atoms with Crippen molar-refractivity contribution in [3.05, 3.63) is 115 Å². The number of ether oxygens (including phenoxy) is 1. The van der Waals surface area contributed by atoms with Crippen molar-refractivity contribution in [2.45, 2.75) is 17.1 Å². The fourth-order valence-corrected chi connectivity index (χ4v) is 9.06. The molecule has 1 saturated heterocycles. The third-order valence-electron chi connectivity index (χ3n) is 9.15. The second-order valence-electron chi connectivity index (χ2n) is 12.4. The van der Waals surface area contributed by atoms with Crippen molar-refractivity contribution in [1.29, 1.82) is 0 Å². The predicted molar refractivity (Wildman–Crippen MR) is 196 cm³/mol. The van der Waals surface area contributed by atoms with Crippen molar-refractivity contribution >= 4 is 47.5 Å². The molecule has 4 aromatic carbocycles. The Kier molecular flexibility index (Phi) is 9.25. The van der Waals surface area contributed by atoms with Crippen LogP contribution < -0.4 is 4.31 Å². The maximum absolute atomic E-state index is 13.3. The number of nitrogens with one attached hydrogen (secondary N) is 1. The second kappa shape index (κ2) is 13.8. The summed E-state index contributed by atoms with van der Waals surface area (Å²) >= 11 is 0. The van der Waals surface area contributed by atoms with Crippen LogP contribution in [0, 0.1) is 0 Å². The summed E-state index contributed by atoms with van der Waals surface area (Å²) in [6, 6.07) is 31.7. The van der Waals surface area contributed by atoms with Crippen LogP contribution in [0.15, 0.2) is 114 Å². The van der Waals surface area contributed by atoms with Gasteiger partial charge in [-0.25, -0.2) is 21.8 Å². The van der Waals surface area contributed by atoms with E-state index in [2.05, 4.69) is 9.88 Å². The Labute approximate surface area is 287 Å². The highest BCUT2D eigenvalue weighted by Gasteiger charge is 2.22. The number of fused-ring (bicyclic) bond motifs is 3. The minimum Gasteiger partial charge on any atom is -0.379 e. The quantitative estimate of drug-likeness (QED) is 0.165. The highest BCUT2D eigenvalue weighted by Crippen LogP contribution is 2.41. The highest BCUT2D eigenvalue weighted by atomic mass is 32.2. The van der Waals surface area contributed by atoms with Gasteiger partial charge in [-0.3, -0.25) is 9.21 Å². The molecule has 0 unspecified atom stereocenters. The fraction of sp³-hybridized carbons (Fsp3) is 0.237. The van der Waals surface area contributed by atoms with Crippen molar-refractivity contribution in [2.75, 3.05) is 50.0 Å². The molecule has 49 heavy (non-hydrogen) atoms. The average Bonchev–Trinajstić information content (AvgIpc) is 3.50. The van der Waals surface area contributed by atoms with Crippen LogP contribution in [0.4, 0.5) is 5.69 Å². The SMILES string of the molecule is CN(c1ccc(-c2cnc3[nH]c4ccc(CS(=O)(=O)c5ccccc5)cc4c3c2-c2ccccc2)cc1)S(=O)(=O)CCCN1CCOCC1. The van der Waals surface area contributed by atoms with Gasteiger partial charge in [0, 0.05) is 53.8 Å². The Morgan fingerprint density at radius 2 is 1.53 bits per heavy atom. The van der Waals surface area contributed by atoms with Crippen molar-refractivity contribution in [3.8, 4) is 22.3 Å². The first-order valence-corrected chi connectivity index (χ1v) is 19.6. The number of benzene rings is 4. The zero-order valence-electron chi connectivity index (χ0n) is 27.2. The third-order valence-corrected chi connectivity index (χ3v) is 12.7. The van der Waals surface area contributed by atoms with Gasteiger partial charge in [-0.1, -0.05) is 66.7 Å². The molecule has 2 aromatic heterocycles. The Balaban J connectivity index is 1.23. The number of pyridine rings is 1. The van der Waals surface area contributed by atoms with Gasteiger partial charge in [-0.15, -0.1) is 0 Å². The van der Waals surface area contributed by atoms with Crippen LogP contribution in [0.25, 0.3) is 44.2 Å². The van der Waals surface area contributed by atoms with Gasteiger partial charge in [0.15, 0.2) is 9.84 Å². The molecule has 0 atom stereocenters. The number of aromatic nitrogens is 2. The van der Waals surface area contributed by atoms with Gasteiger partial charge >= 0.3 is 0 Å². The first-order valence-electron chi connectivity index (χ1n) is 16.3. The molecule has 0 aliphatic carbocycles. The number of hydrogen-bond donors (Lipinski definition) is 1. The minimum absolute atomic E-state index is 0.0660. The molecule has 6 aromatic rings. The molecule has 1 N–H and O–H groups in total. The lowest BCUT2D eigenvalue weighted by Crippen LogP contribution is -2.38. The topological polar surface area (TPSA) is 113 Å². The van der Waals surface area contributed by atoms with Gasteiger partial charge in [-0.2, -0.15) is 0 Å². The monoisotopic (exact) mass is 694 g/mol. The first-order chi connectivity index (χ1) is 23.7. The molecule has 3 heterocycles. The van der Waals surface area contributed by atoms with Gasteiger partial charge in [-0.05, 0) is 66.1 Å². The first kappa shape index (κ1) is 33.0. The van der Waals surface area contributed by atoms with E-state index in [9.17, 15) is 16.8 Å². The van der Waals surface area contributed by atoms with E-state index in [0.717, 1.165) is 58.2 Å². The smallest absolute Gasteiger partial charge is 0.234 e. The summed E-state index contributed by atoms with van der Waals surface area (Å²) in [5.74, 6) is -0.0604. The van der Waals surface area contributed by atoms with E-state index in [1.54, 1.807) is 37.4 Å². The third kappa shape index (κ3) is 6.98. The largest absolute Gasteiger partial charge is 0.379 e. The van der Waals surface area contributed by atoms with Crippen LogP contribution in [0.3, 0.4) is 0 Å². The highest BCUT2D eigenvalue weighted by molar-refractivity contribution is 7.92. The summed E-state index contributed by atoms with van der Waals surface area (Å²) in [6.45, 7) is 3.77. The number of H-pyrrole nitrogens is 1. The molecule has 7 rings (SSSR count). The fourth-order valence-electron chi connectivity index (χ4n) is 6.49. The summed E-state index contributed by atoms with van der Waals surface area (Å²) in [4.78, 5) is 10.8. The Bertz CT molecular complexity index is 2300.